The monoisotopic (exact) mass is 224 g/mol. The molecule has 0 radical (unpaired) electrons. The van der Waals surface area contributed by atoms with E-state index in [-0.39, 0.29) is 0 Å². The van der Waals surface area contributed by atoms with Crippen LogP contribution in [-0.4, -0.2) is 28.0 Å². The molecule has 4 heteroatoms. The Morgan fingerprint density at radius 1 is 1.47 bits per heavy atom. The van der Waals surface area contributed by atoms with Gasteiger partial charge in [-0.25, -0.2) is 0 Å². The number of aromatic nitrogens is 1. The SMILES string of the molecule is O=S(CC1CCCNC1)c1ccncc1. The number of hydrogen-bond donors (Lipinski definition) is 1. The zero-order valence-corrected chi connectivity index (χ0v) is 9.50. The van der Waals surface area contributed by atoms with E-state index in [1.165, 1.54) is 12.8 Å². The average Bonchev–Trinajstić information content (AvgIpc) is 2.31. The molecule has 3 nitrogen and oxygen atoms in total. The minimum atomic E-state index is -0.861. The van der Waals surface area contributed by atoms with Crippen LogP contribution in [0.25, 0.3) is 0 Å². The van der Waals surface area contributed by atoms with Crippen molar-refractivity contribution in [2.75, 3.05) is 18.8 Å². The maximum absolute atomic E-state index is 12.0. The normalized spacial score (nSPS) is 23.6. The Kier molecular flexibility index (Phi) is 3.86. The lowest BCUT2D eigenvalue weighted by Crippen LogP contribution is -2.32. The van der Waals surface area contributed by atoms with Crippen LogP contribution in [0.3, 0.4) is 0 Å². The van der Waals surface area contributed by atoms with Gasteiger partial charge >= 0.3 is 0 Å². The van der Waals surface area contributed by atoms with Gasteiger partial charge in [-0.2, -0.15) is 0 Å². The van der Waals surface area contributed by atoms with Crippen LogP contribution in [-0.2, 0) is 10.8 Å². The minimum Gasteiger partial charge on any atom is -0.316 e. The van der Waals surface area contributed by atoms with Gasteiger partial charge in [0.1, 0.15) is 0 Å². The van der Waals surface area contributed by atoms with E-state index in [0.29, 0.717) is 5.92 Å². The van der Waals surface area contributed by atoms with Crippen molar-refractivity contribution in [3.05, 3.63) is 24.5 Å². The number of hydrogen-bond acceptors (Lipinski definition) is 3. The van der Waals surface area contributed by atoms with Gasteiger partial charge in [-0.15, -0.1) is 0 Å². The van der Waals surface area contributed by atoms with E-state index in [9.17, 15) is 4.21 Å². The predicted molar refractivity (Wildman–Crippen MR) is 61.1 cm³/mol. The van der Waals surface area contributed by atoms with Crippen molar-refractivity contribution in [1.29, 1.82) is 0 Å². The molecule has 0 bridgehead atoms. The van der Waals surface area contributed by atoms with E-state index in [4.69, 9.17) is 0 Å². The molecule has 1 aromatic rings. The maximum atomic E-state index is 12.0. The smallest absolute Gasteiger partial charge is 0.0533 e. The quantitative estimate of drug-likeness (QED) is 0.838. The second-order valence-corrected chi connectivity index (χ2v) is 5.40. The third kappa shape index (κ3) is 3.11. The van der Waals surface area contributed by atoms with Gasteiger partial charge in [0.25, 0.3) is 0 Å². The number of nitrogens with one attached hydrogen (secondary N) is 1. The van der Waals surface area contributed by atoms with Crippen molar-refractivity contribution < 1.29 is 4.21 Å². The summed E-state index contributed by atoms with van der Waals surface area (Å²) in [6.07, 6.45) is 5.81. The fourth-order valence-corrected chi connectivity index (χ4v) is 3.20. The number of rotatable bonds is 3. The van der Waals surface area contributed by atoms with Gasteiger partial charge in [-0.3, -0.25) is 9.19 Å². The molecule has 1 saturated heterocycles. The lowest BCUT2D eigenvalue weighted by atomic mass is 10.0. The lowest BCUT2D eigenvalue weighted by Gasteiger charge is -2.22. The van der Waals surface area contributed by atoms with E-state index in [0.717, 1.165) is 23.7 Å². The van der Waals surface area contributed by atoms with Crippen molar-refractivity contribution in [3.8, 4) is 0 Å². The van der Waals surface area contributed by atoms with Crippen molar-refractivity contribution >= 4 is 10.8 Å². The molecule has 0 amide bonds. The highest BCUT2D eigenvalue weighted by Gasteiger charge is 2.16. The first kappa shape index (κ1) is 10.8. The highest BCUT2D eigenvalue weighted by molar-refractivity contribution is 7.85. The van der Waals surface area contributed by atoms with Gasteiger partial charge in [0.15, 0.2) is 0 Å². The zero-order valence-electron chi connectivity index (χ0n) is 8.69. The van der Waals surface area contributed by atoms with E-state index < -0.39 is 10.8 Å². The summed E-state index contributed by atoms with van der Waals surface area (Å²) >= 11 is 0. The lowest BCUT2D eigenvalue weighted by molar-refractivity contribution is 0.408. The summed E-state index contributed by atoms with van der Waals surface area (Å²) in [4.78, 5) is 4.83. The Morgan fingerprint density at radius 2 is 2.27 bits per heavy atom. The summed E-state index contributed by atoms with van der Waals surface area (Å²) in [6, 6.07) is 3.68. The van der Waals surface area contributed by atoms with Gasteiger partial charge in [-0.1, -0.05) is 0 Å². The van der Waals surface area contributed by atoms with Gasteiger partial charge in [0, 0.05) is 23.0 Å². The molecule has 1 fully saturated rings. The van der Waals surface area contributed by atoms with E-state index in [1.807, 2.05) is 12.1 Å². The maximum Gasteiger partial charge on any atom is 0.0533 e. The predicted octanol–water partition coefficient (Wildman–Crippen LogP) is 1.19. The Hall–Kier alpha value is -0.740. The summed E-state index contributed by atoms with van der Waals surface area (Å²) in [7, 11) is -0.861. The summed E-state index contributed by atoms with van der Waals surface area (Å²) in [5.41, 5.74) is 0. The standard InChI is InChI=1S/C11H16N2OS/c14-15(11-3-6-12-7-4-11)9-10-2-1-5-13-8-10/h3-4,6-7,10,13H,1-2,5,8-9H2. The van der Waals surface area contributed by atoms with Crippen LogP contribution in [0.4, 0.5) is 0 Å². The van der Waals surface area contributed by atoms with Crippen molar-refractivity contribution in [2.45, 2.75) is 17.7 Å². The molecule has 2 rings (SSSR count). The van der Waals surface area contributed by atoms with Crippen LogP contribution >= 0.6 is 0 Å². The summed E-state index contributed by atoms with van der Waals surface area (Å²) in [5.74, 6) is 1.34. The largest absolute Gasteiger partial charge is 0.316 e. The highest BCUT2D eigenvalue weighted by Crippen LogP contribution is 2.14. The topological polar surface area (TPSA) is 42.0 Å². The number of nitrogens with zero attached hydrogens (tertiary/aromatic N) is 1. The molecule has 1 aromatic heterocycles. The number of pyridine rings is 1. The van der Waals surface area contributed by atoms with E-state index in [1.54, 1.807) is 12.4 Å². The van der Waals surface area contributed by atoms with Crippen LogP contribution in [0.15, 0.2) is 29.4 Å². The molecule has 2 heterocycles. The molecule has 0 aromatic carbocycles. The van der Waals surface area contributed by atoms with E-state index >= 15 is 0 Å². The molecule has 0 saturated carbocycles. The third-order valence-corrected chi connectivity index (χ3v) is 4.27. The molecule has 1 N–H and O–H groups in total. The van der Waals surface area contributed by atoms with Gasteiger partial charge in [-0.05, 0) is 44.0 Å². The van der Waals surface area contributed by atoms with Gasteiger partial charge in [0.2, 0.25) is 0 Å². The van der Waals surface area contributed by atoms with Crippen molar-refractivity contribution in [1.82, 2.24) is 10.3 Å². The molecule has 1 aliphatic rings. The first-order valence-corrected chi connectivity index (χ1v) is 6.67. The summed E-state index contributed by atoms with van der Waals surface area (Å²) in [5, 5.41) is 3.34. The molecule has 82 valence electrons. The van der Waals surface area contributed by atoms with Crippen molar-refractivity contribution in [3.63, 3.8) is 0 Å². The molecule has 0 aliphatic carbocycles. The number of piperidine rings is 1. The molecule has 1 aliphatic heterocycles. The van der Waals surface area contributed by atoms with E-state index in [2.05, 4.69) is 10.3 Å². The first-order chi connectivity index (χ1) is 7.36. The fourth-order valence-electron chi connectivity index (χ4n) is 1.87. The minimum absolute atomic E-state index is 0.563. The molecule has 2 atom stereocenters. The molecule has 15 heavy (non-hydrogen) atoms. The van der Waals surface area contributed by atoms with Crippen molar-refractivity contribution in [2.24, 2.45) is 5.92 Å². The van der Waals surface area contributed by atoms with Crippen LogP contribution in [0.5, 0.6) is 0 Å². The molecule has 2 unspecified atom stereocenters. The second-order valence-electron chi connectivity index (χ2n) is 3.91. The summed E-state index contributed by atoms with van der Waals surface area (Å²) in [6.45, 7) is 2.12. The molecular weight excluding hydrogens is 208 g/mol. The fraction of sp³-hybridized carbons (Fsp3) is 0.545. The second kappa shape index (κ2) is 5.37. The van der Waals surface area contributed by atoms with Crippen LogP contribution in [0.2, 0.25) is 0 Å². The van der Waals surface area contributed by atoms with Gasteiger partial charge < -0.3 is 5.32 Å². The zero-order chi connectivity index (χ0) is 10.5. The first-order valence-electron chi connectivity index (χ1n) is 5.35. The summed E-state index contributed by atoms with van der Waals surface area (Å²) < 4.78 is 12.0. The molecular formula is C11H16N2OS. The third-order valence-electron chi connectivity index (χ3n) is 2.70. The Bertz CT molecular complexity index is 323. The average molecular weight is 224 g/mol. The Morgan fingerprint density at radius 3 is 2.93 bits per heavy atom. The van der Waals surface area contributed by atoms with Crippen LogP contribution < -0.4 is 5.32 Å². The Balaban J connectivity index is 1.91. The van der Waals surface area contributed by atoms with Gasteiger partial charge in [0.05, 0.1) is 10.8 Å². The van der Waals surface area contributed by atoms with Crippen LogP contribution in [0, 0.1) is 5.92 Å². The Labute approximate surface area is 92.8 Å². The van der Waals surface area contributed by atoms with Crippen LogP contribution in [0.1, 0.15) is 12.8 Å². The highest BCUT2D eigenvalue weighted by atomic mass is 32.2. The molecule has 0 spiro atoms.